The Morgan fingerprint density at radius 2 is 1.81 bits per heavy atom. The van der Waals surface area contributed by atoms with Crippen LogP contribution in [0.4, 0.5) is 0 Å². The Balaban J connectivity index is 1.82. The first-order chi connectivity index (χ1) is 13.0. The molecular formula is C18H18BrN3O4S. The predicted octanol–water partition coefficient (Wildman–Crippen LogP) is 2.56. The molecule has 27 heavy (non-hydrogen) atoms. The van der Waals surface area contributed by atoms with Crippen LogP contribution in [-0.4, -0.2) is 30.1 Å². The van der Waals surface area contributed by atoms with Gasteiger partial charge in [0.25, 0.3) is 11.8 Å². The van der Waals surface area contributed by atoms with E-state index in [1.54, 1.807) is 42.5 Å². The maximum Gasteiger partial charge on any atom is 0.276 e. The molecule has 0 saturated carbocycles. The van der Waals surface area contributed by atoms with Crippen LogP contribution in [0.25, 0.3) is 0 Å². The number of benzene rings is 2. The number of hydrogen-bond acceptors (Lipinski definition) is 5. The van der Waals surface area contributed by atoms with Crippen LogP contribution >= 0.6 is 28.1 Å². The summed E-state index contributed by atoms with van der Waals surface area (Å²) in [5.74, 6) is 0.0860. The molecule has 0 unspecified atom stereocenters. The molecule has 0 radical (unpaired) electrons. The minimum absolute atomic E-state index is 0.0597. The number of nitrogens with one attached hydrogen (secondary N) is 3. The van der Waals surface area contributed by atoms with Gasteiger partial charge in [0.05, 0.1) is 12.2 Å². The summed E-state index contributed by atoms with van der Waals surface area (Å²) < 4.78 is 11.5. The van der Waals surface area contributed by atoms with E-state index in [1.807, 2.05) is 13.0 Å². The Labute approximate surface area is 170 Å². The lowest BCUT2D eigenvalue weighted by atomic mass is 10.2. The lowest BCUT2D eigenvalue weighted by Gasteiger charge is -2.13. The van der Waals surface area contributed by atoms with Gasteiger partial charge in [-0.2, -0.15) is 0 Å². The van der Waals surface area contributed by atoms with Gasteiger partial charge in [-0.05, 0) is 49.5 Å². The van der Waals surface area contributed by atoms with Crippen LogP contribution in [0.5, 0.6) is 11.5 Å². The van der Waals surface area contributed by atoms with E-state index in [9.17, 15) is 9.59 Å². The van der Waals surface area contributed by atoms with Crippen molar-refractivity contribution in [2.45, 2.75) is 6.92 Å². The van der Waals surface area contributed by atoms with Crippen molar-refractivity contribution >= 4 is 45.1 Å². The number of carbonyl (C=O) groups is 2. The fraction of sp³-hybridized carbons (Fsp3) is 0.167. The number of para-hydroxylation sites is 1. The topological polar surface area (TPSA) is 88.7 Å². The third kappa shape index (κ3) is 6.87. The average Bonchev–Trinajstić information content (AvgIpc) is 2.67. The Morgan fingerprint density at radius 1 is 1.07 bits per heavy atom. The van der Waals surface area contributed by atoms with Gasteiger partial charge in [-0.1, -0.05) is 34.1 Å². The molecule has 0 aliphatic heterocycles. The summed E-state index contributed by atoms with van der Waals surface area (Å²) in [7, 11) is 0. The summed E-state index contributed by atoms with van der Waals surface area (Å²) in [6.07, 6.45) is 0. The maximum absolute atomic E-state index is 12.4. The van der Waals surface area contributed by atoms with Crippen molar-refractivity contribution in [1.29, 1.82) is 0 Å². The molecule has 0 spiro atoms. The highest BCUT2D eigenvalue weighted by molar-refractivity contribution is 9.10. The molecule has 2 amide bonds. The summed E-state index contributed by atoms with van der Waals surface area (Å²) >= 11 is 8.33. The van der Waals surface area contributed by atoms with Crippen LogP contribution in [0.1, 0.15) is 17.3 Å². The molecule has 0 heterocycles. The van der Waals surface area contributed by atoms with E-state index in [0.717, 1.165) is 4.47 Å². The van der Waals surface area contributed by atoms with Crippen LogP contribution in [0.3, 0.4) is 0 Å². The molecule has 0 aromatic heterocycles. The van der Waals surface area contributed by atoms with Crippen molar-refractivity contribution in [2.24, 2.45) is 0 Å². The van der Waals surface area contributed by atoms with E-state index >= 15 is 0 Å². The van der Waals surface area contributed by atoms with E-state index in [-0.39, 0.29) is 11.7 Å². The van der Waals surface area contributed by atoms with Crippen LogP contribution in [0.2, 0.25) is 0 Å². The Hall–Kier alpha value is -2.65. The van der Waals surface area contributed by atoms with Gasteiger partial charge in [-0.3, -0.25) is 25.8 Å². The maximum atomic E-state index is 12.4. The number of hydrogen-bond donors (Lipinski definition) is 3. The Bertz CT molecular complexity index is 818. The molecule has 0 atom stereocenters. The normalized spacial score (nSPS) is 9.85. The number of hydrazine groups is 1. The van der Waals surface area contributed by atoms with Gasteiger partial charge < -0.3 is 9.47 Å². The fourth-order valence-corrected chi connectivity index (χ4v) is 2.50. The molecule has 0 bridgehead atoms. The van der Waals surface area contributed by atoms with Gasteiger partial charge in [0, 0.05) is 4.47 Å². The van der Waals surface area contributed by atoms with E-state index in [1.165, 1.54) is 0 Å². The van der Waals surface area contributed by atoms with E-state index in [4.69, 9.17) is 21.7 Å². The fourth-order valence-electron chi connectivity index (χ4n) is 1.99. The first kappa shape index (κ1) is 20.7. The number of amides is 2. The zero-order valence-corrected chi connectivity index (χ0v) is 16.9. The van der Waals surface area contributed by atoms with Gasteiger partial charge in [-0.15, -0.1) is 0 Å². The number of halogens is 1. The van der Waals surface area contributed by atoms with Crippen LogP contribution in [-0.2, 0) is 4.79 Å². The summed E-state index contributed by atoms with van der Waals surface area (Å²) in [5.41, 5.74) is 5.12. The standard InChI is InChI=1S/C18H18BrN3O4S/c1-2-25-15-9-8-12(19)10-14(15)17(24)20-18(27)22-21-16(23)11-26-13-6-4-3-5-7-13/h3-10H,2,11H2,1H3,(H,21,23)(H2,20,22,24,27). The van der Waals surface area contributed by atoms with Crippen molar-refractivity contribution in [3.63, 3.8) is 0 Å². The van der Waals surface area contributed by atoms with Crippen LogP contribution in [0, 0.1) is 0 Å². The van der Waals surface area contributed by atoms with Crippen molar-refractivity contribution in [1.82, 2.24) is 16.2 Å². The highest BCUT2D eigenvalue weighted by Gasteiger charge is 2.15. The van der Waals surface area contributed by atoms with Crippen LogP contribution in [0.15, 0.2) is 53.0 Å². The quantitative estimate of drug-likeness (QED) is 0.461. The number of thiocarbonyl (C=S) groups is 1. The first-order valence-electron chi connectivity index (χ1n) is 8.00. The van der Waals surface area contributed by atoms with Gasteiger partial charge in [0.15, 0.2) is 11.7 Å². The SMILES string of the molecule is CCOc1ccc(Br)cc1C(=O)NC(=S)NNC(=O)COc1ccccc1. The molecule has 0 fully saturated rings. The largest absolute Gasteiger partial charge is 0.493 e. The summed E-state index contributed by atoms with van der Waals surface area (Å²) in [5, 5.41) is 2.42. The van der Waals surface area contributed by atoms with Crippen molar-refractivity contribution in [3.05, 3.63) is 58.6 Å². The molecule has 2 aromatic rings. The van der Waals surface area contributed by atoms with Gasteiger partial charge >= 0.3 is 0 Å². The molecular weight excluding hydrogens is 434 g/mol. The number of carbonyl (C=O) groups excluding carboxylic acids is 2. The highest BCUT2D eigenvalue weighted by atomic mass is 79.9. The van der Waals surface area contributed by atoms with Crippen molar-refractivity contribution in [3.8, 4) is 11.5 Å². The minimum atomic E-state index is -0.466. The molecule has 0 saturated heterocycles. The Morgan fingerprint density at radius 3 is 2.52 bits per heavy atom. The third-order valence-corrected chi connectivity index (χ3v) is 3.84. The van der Waals surface area contributed by atoms with Crippen molar-refractivity contribution < 1.29 is 19.1 Å². The van der Waals surface area contributed by atoms with Gasteiger partial charge in [0.1, 0.15) is 11.5 Å². The lowest BCUT2D eigenvalue weighted by molar-refractivity contribution is -0.123. The molecule has 0 aliphatic rings. The minimum Gasteiger partial charge on any atom is -0.493 e. The zero-order chi connectivity index (χ0) is 19.6. The monoisotopic (exact) mass is 451 g/mol. The summed E-state index contributed by atoms with van der Waals surface area (Å²) in [6, 6.07) is 14.0. The zero-order valence-electron chi connectivity index (χ0n) is 14.5. The Kier molecular flexibility index (Phi) is 8.02. The second kappa shape index (κ2) is 10.5. The first-order valence-corrected chi connectivity index (χ1v) is 9.20. The second-order valence-corrected chi connectivity index (χ2v) is 6.46. The summed E-state index contributed by atoms with van der Waals surface area (Å²) in [4.78, 5) is 24.1. The molecule has 7 nitrogen and oxygen atoms in total. The molecule has 0 aliphatic carbocycles. The predicted molar refractivity (Wildman–Crippen MR) is 109 cm³/mol. The van der Waals surface area contributed by atoms with E-state index in [0.29, 0.717) is 23.7 Å². The van der Waals surface area contributed by atoms with Crippen LogP contribution < -0.4 is 25.6 Å². The number of rotatable bonds is 6. The van der Waals surface area contributed by atoms with Gasteiger partial charge in [0.2, 0.25) is 0 Å². The van der Waals surface area contributed by atoms with Crippen molar-refractivity contribution in [2.75, 3.05) is 13.2 Å². The lowest BCUT2D eigenvalue weighted by Crippen LogP contribution is -2.49. The second-order valence-electron chi connectivity index (χ2n) is 5.13. The molecule has 2 rings (SSSR count). The third-order valence-electron chi connectivity index (χ3n) is 3.14. The number of ether oxygens (including phenoxy) is 2. The molecule has 3 N–H and O–H groups in total. The molecule has 2 aromatic carbocycles. The molecule has 9 heteroatoms. The van der Waals surface area contributed by atoms with E-state index < -0.39 is 11.8 Å². The smallest absolute Gasteiger partial charge is 0.276 e. The highest BCUT2D eigenvalue weighted by Crippen LogP contribution is 2.23. The van der Waals surface area contributed by atoms with Gasteiger partial charge in [-0.25, -0.2) is 0 Å². The average molecular weight is 452 g/mol. The summed E-state index contributed by atoms with van der Waals surface area (Å²) in [6.45, 7) is 2.04. The van der Waals surface area contributed by atoms with E-state index in [2.05, 4.69) is 32.1 Å². The molecule has 142 valence electrons.